The van der Waals surface area contributed by atoms with Gasteiger partial charge in [-0.25, -0.2) is 0 Å². The highest BCUT2D eigenvalue weighted by molar-refractivity contribution is 9.10. The van der Waals surface area contributed by atoms with Crippen LogP contribution in [-0.4, -0.2) is 42.4 Å². The SMILES string of the molecule is CCCN(C(=O)CC(NC(C)=O)c1ccc(Br)cc1)C1CCNC1.Cl. The quantitative estimate of drug-likeness (QED) is 0.696. The molecule has 1 heterocycles. The third-order valence-electron chi connectivity index (χ3n) is 4.29. The number of rotatable bonds is 7. The van der Waals surface area contributed by atoms with Crippen molar-refractivity contribution in [3.63, 3.8) is 0 Å². The maximum Gasteiger partial charge on any atom is 0.225 e. The number of nitrogens with zero attached hydrogens (tertiary/aromatic N) is 1. The number of carbonyl (C=O) groups is 2. The molecule has 0 radical (unpaired) electrons. The van der Waals surface area contributed by atoms with Gasteiger partial charge in [0, 0.05) is 30.5 Å². The molecule has 2 unspecified atom stereocenters. The highest BCUT2D eigenvalue weighted by Gasteiger charge is 2.28. The van der Waals surface area contributed by atoms with Gasteiger partial charge in [0.05, 0.1) is 12.5 Å². The average molecular weight is 433 g/mol. The molecule has 2 rings (SSSR count). The van der Waals surface area contributed by atoms with Crippen molar-refractivity contribution < 1.29 is 9.59 Å². The van der Waals surface area contributed by atoms with Gasteiger partial charge in [0.15, 0.2) is 0 Å². The van der Waals surface area contributed by atoms with Crippen LogP contribution in [0.25, 0.3) is 0 Å². The monoisotopic (exact) mass is 431 g/mol. The summed E-state index contributed by atoms with van der Waals surface area (Å²) in [6.45, 7) is 6.15. The number of hydrogen-bond acceptors (Lipinski definition) is 3. The number of nitrogens with one attached hydrogen (secondary N) is 2. The fraction of sp³-hybridized carbons (Fsp3) is 0.556. The summed E-state index contributed by atoms with van der Waals surface area (Å²) in [6.07, 6.45) is 2.22. The van der Waals surface area contributed by atoms with Crippen molar-refractivity contribution in [1.82, 2.24) is 15.5 Å². The van der Waals surface area contributed by atoms with Crippen LogP contribution in [0, 0.1) is 0 Å². The molecule has 2 amide bonds. The molecule has 0 aliphatic carbocycles. The van der Waals surface area contributed by atoms with Crippen molar-refractivity contribution in [2.45, 2.75) is 45.2 Å². The van der Waals surface area contributed by atoms with Crippen LogP contribution >= 0.6 is 28.3 Å². The summed E-state index contributed by atoms with van der Waals surface area (Å²) >= 11 is 3.42. The van der Waals surface area contributed by atoms with E-state index in [9.17, 15) is 9.59 Å². The second-order valence-electron chi connectivity index (χ2n) is 6.24. The normalized spacial score (nSPS) is 17.5. The third-order valence-corrected chi connectivity index (χ3v) is 4.82. The Kier molecular flexibility index (Phi) is 9.46. The Bertz CT molecular complexity index is 562. The largest absolute Gasteiger partial charge is 0.349 e. The van der Waals surface area contributed by atoms with E-state index in [2.05, 4.69) is 33.5 Å². The molecule has 0 aromatic heterocycles. The summed E-state index contributed by atoms with van der Waals surface area (Å²) in [4.78, 5) is 26.4. The summed E-state index contributed by atoms with van der Waals surface area (Å²) in [7, 11) is 0. The molecule has 25 heavy (non-hydrogen) atoms. The molecule has 1 aliphatic rings. The predicted octanol–water partition coefficient (Wildman–Crippen LogP) is 3.04. The highest BCUT2D eigenvalue weighted by atomic mass is 79.9. The van der Waals surface area contributed by atoms with Crippen LogP contribution in [0.1, 0.15) is 44.7 Å². The molecule has 0 saturated carbocycles. The molecule has 0 spiro atoms. The molecule has 1 aliphatic heterocycles. The van der Waals surface area contributed by atoms with Gasteiger partial charge in [-0.05, 0) is 37.1 Å². The van der Waals surface area contributed by atoms with Crippen molar-refractivity contribution in [2.24, 2.45) is 0 Å². The second kappa shape index (κ2) is 10.8. The average Bonchev–Trinajstić information content (AvgIpc) is 3.06. The van der Waals surface area contributed by atoms with Crippen LogP contribution in [0.5, 0.6) is 0 Å². The molecule has 1 saturated heterocycles. The first-order valence-corrected chi connectivity index (χ1v) is 9.33. The first kappa shape index (κ1) is 21.9. The lowest BCUT2D eigenvalue weighted by molar-refractivity contribution is -0.134. The number of amides is 2. The molecule has 1 fully saturated rings. The fourth-order valence-corrected chi connectivity index (χ4v) is 3.41. The van der Waals surface area contributed by atoms with Gasteiger partial charge < -0.3 is 15.5 Å². The van der Waals surface area contributed by atoms with Gasteiger partial charge in [0.2, 0.25) is 11.8 Å². The van der Waals surface area contributed by atoms with Crippen molar-refractivity contribution in [1.29, 1.82) is 0 Å². The van der Waals surface area contributed by atoms with Crippen molar-refractivity contribution in [3.05, 3.63) is 34.3 Å². The van der Waals surface area contributed by atoms with E-state index in [-0.39, 0.29) is 42.7 Å². The number of benzene rings is 1. The van der Waals surface area contributed by atoms with Crippen LogP contribution in [0.2, 0.25) is 0 Å². The van der Waals surface area contributed by atoms with Crippen molar-refractivity contribution in [3.8, 4) is 0 Å². The van der Waals surface area contributed by atoms with Crippen molar-refractivity contribution >= 4 is 40.2 Å². The van der Waals surface area contributed by atoms with Crippen molar-refractivity contribution in [2.75, 3.05) is 19.6 Å². The second-order valence-corrected chi connectivity index (χ2v) is 7.16. The summed E-state index contributed by atoms with van der Waals surface area (Å²) in [5.74, 6) is -0.0208. The Morgan fingerprint density at radius 3 is 2.56 bits per heavy atom. The predicted molar refractivity (Wildman–Crippen MR) is 106 cm³/mol. The first-order valence-electron chi connectivity index (χ1n) is 8.54. The fourth-order valence-electron chi connectivity index (χ4n) is 3.14. The molecular formula is C18H27BrClN3O2. The minimum Gasteiger partial charge on any atom is -0.349 e. The van der Waals surface area contributed by atoms with E-state index in [4.69, 9.17) is 0 Å². The summed E-state index contributed by atoms with van der Waals surface area (Å²) < 4.78 is 0.976. The van der Waals surface area contributed by atoms with Gasteiger partial charge in [0.25, 0.3) is 0 Å². The lowest BCUT2D eigenvalue weighted by Crippen LogP contribution is -2.43. The third kappa shape index (κ3) is 6.60. The smallest absolute Gasteiger partial charge is 0.225 e. The highest BCUT2D eigenvalue weighted by Crippen LogP contribution is 2.22. The van der Waals surface area contributed by atoms with Gasteiger partial charge in [-0.2, -0.15) is 0 Å². The van der Waals surface area contributed by atoms with Crippen LogP contribution in [0.15, 0.2) is 28.7 Å². The Morgan fingerprint density at radius 1 is 1.36 bits per heavy atom. The standard InChI is InChI=1S/C18H26BrN3O2.ClH/c1-3-10-22(16-8-9-20-12-16)18(24)11-17(21-13(2)23)14-4-6-15(19)7-5-14;/h4-7,16-17,20H,3,8-12H2,1-2H3,(H,21,23);1H. The van der Waals surface area contributed by atoms with Gasteiger partial charge in [-0.3, -0.25) is 9.59 Å². The molecule has 2 atom stereocenters. The number of carbonyl (C=O) groups excluding carboxylic acids is 2. The summed E-state index contributed by atoms with van der Waals surface area (Å²) in [5.41, 5.74) is 0.947. The van der Waals surface area contributed by atoms with E-state index in [0.717, 1.165) is 42.5 Å². The van der Waals surface area contributed by atoms with E-state index >= 15 is 0 Å². The van der Waals surface area contributed by atoms with Crippen LogP contribution in [0.4, 0.5) is 0 Å². The number of halogens is 2. The van der Waals surface area contributed by atoms with E-state index in [1.807, 2.05) is 29.2 Å². The van der Waals surface area contributed by atoms with E-state index < -0.39 is 0 Å². The first-order chi connectivity index (χ1) is 11.5. The Balaban J connectivity index is 0.00000312. The van der Waals surface area contributed by atoms with Gasteiger partial charge in [-0.1, -0.05) is 35.0 Å². The maximum atomic E-state index is 12.9. The molecule has 5 nitrogen and oxygen atoms in total. The van der Waals surface area contributed by atoms with Crippen LogP contribution < -0.4 is 10.6 Å². The minimum absolute atomic E-state index is 0. The van der Waals surface area contributed by atoms with E-state index in [1.165, 1.54) is 6.92 Å². The van der Waals surface area contributed by atoms with E-state index in [1.54, 1.807) is 0 Å². The zero-order chi connectivity index (χ0) is 17.5. The zero-order valence-electron chi connectivity index (χ0n) is 14.8. The Morgan fingerprint density at radius 2 is 2.04 bits per heavy atom. The Labute approximate surface area is 164 Å². The maximum absolute atomic E-state index is 12.9. The molecule has 7 heteroatoms. The van der Waals surface area contributed by atoms with E-state index in [0.29, 0.717) is 0 Å². The van der Waals surface area contributed by atoms with Crippen LogP contribution in [0.3, 0.4) is 0 Å². The van der Waals surface area contributed by atoms with Crippen LogP contribution in [-0.2, 0) is 9.59 Å². The molecule has 0 bridgehead atoms. The lowest BCUT2D eigenvalue weighted by atomic mass is 10.0. The molecule has 1 aromatic carbocycles. The molecule has 2 N–H and O–H groups in total. The minimum atomic E-state index is -0.295. The number of hydrogen-bond donors (Lipinski definition) is 2. The lowest BCUT2D eigenvalue weighted by Gasteiger charge is -2.30. The van der Waals surface area contributed by atoms with Gasteiger partial charge in [0.1, 0.15) is 0 Å². The summed E-state index contributed by atoms with van der Waals surface area (Å²) in [6, 6.07) is 7.72. The molecular weight excluding hydrogens is 406 g/mol. The molecule has 140 valence electrons. The molecule has 1 aromatic rings. The topological polar surface area (TPSA) is 61.4 Å². The van der Waals surface area contributed by atoms with Gasteiger partial charge >= 0.3 is 0 Å². The Hall–Kier alpha value is -1.11. The zero-order valence-corrected chi connectivity index (χ0v) is 17.2. The summed E-state index contributed by atoms with van der Waals surface area (Å²) in [5, 5.41) is 6.24. The van der Waals surface area contributed by atoms with Gasteiger partial charge in [-0.15, -0.1) is 12.4 Å².